The summed E-state index contributed by atoms with van der Waals surface area (Å²) < 4.78 is 4.90. The van der Waals surface area contributed by atoms with Crippen molar-refractivity contribution in [3.8, 4) is 0 Å². The van der Waals surface area contributed by atoms with E-state index in [0.29, 0.717) is 13.2 Å². The van der Waals surface area contributed by atoms with E-state index in [4.69, 9.17) is 16.3 Å². The van der Waals surface area contributed by atoms with Crippen LogP contribution in [-0.2, 0) is 9.53 Å². The van der Waals surface area contributed by atoms with E-state index in [1.807, 2.05) is 6.92 Å². The summed E-state index contributed by atoms with van der Waals surface area (Å²) in [6.07, 6.45) is 2.73. The molecule has 0 aromatic heterocycles. The highest BCUT2D eigenvalue weighted by molar-refractivity contribution is 6.20. The van der Waals surface area contributed by atoms with Gasteiger partial charge in [-0.15, -0.1) is 11.6 Å². The molecule has 0 saturated heterocycles. The van der Waals surface area contributed by atoms with Crippen LogP contribution in [0.15, 0.2) is 0 Å². The lowest BCUT2D eigenvalue weighted by molar-refractivity contribution is -0.124. The molecule has 0 aliphatic heterocycles. The molecule has 3 nitrogen and oxygen atoms in total. The first kappa shape index (κ1) is 14.7. The van der Waals surface area contributed by atoms with Crippen molar-refractivity contribution < 1.29 is 9.53 Å². The summed E-state index contributed by atoms with van der Waals surface area (Å²) in [5, 5.41) is 2.86. The maximum Gasteiger partial charge on any atom is 0.222 e. The highest BCUT2D eigenvalue weighted by Gasteiger charge is 2.11. The quantitative estimate of drug-likeness (QED) is 0.655. The Balaban J connectivity index is 3.54. The Bertz CT molecular complexity index is 176. The first-order valence-corrected chi connectivity index (χ1v) is 5.96. The van der Waals surface area contributed by atoms with Crippen molar-refractivity contribution in [3.63, 3.8) is 0 Å². The van der Waals surface area contributed by atoms with Crippen LogP contribution >= 0.6 is 11.6 Å². The minimum absolute atomic E-state index is 0.0169. The number of rotatable bonds is 8. The second kappa shape index (κ2) is 8.98. The van der Waals surface area contributed by atoms with Gasteiger partial charge in [-0.05, 0) is 12.8 Å². The van der Waals surface area contributed by atoms with Crippen molar-refractivity contribution in [1.29, 1.82) is 0 Å². The molecule has 0 heterocycles. The number of methoxy groups -OCH3 is 1. The number of amides is 1. The summed E-state index contributed by atoms with van der Waals surface area (Å²) in [6, 6.07) is 0. The zero-order valence-corrected chi connectivity index (χ0v) is 10.6. The maximum absolute atomic E-state index is 11.5. The summed E-state index contributed by atoms with van der Waals surface area (Å²) >= 11 is 5.93. The Morgan fingerprint density at radius 3 is 2.67 bits per heavy atom. The van der Waals surface area contributed by atoms with Crippen LogP contribution in [0, 0.1) is 5.92 Å². The molecule has 0 spiro atoms. The summed E-state index contributed by atoms with van der Waals surface area (Å²) in [5.74, 6) is 0.226. The van der Waals surface area contributed by atoms with Gasteiger partial charge in [0, 0.05) is 19.6 Å². The zero-order valence-electron chi connectivity index (χ0n) is 9.88. The highest BCUT2D eigenvalue weighted by Crippen LogP contribution is 2.05. The smallest absolute Gasteiger partial charge is 0.222 e. The molecule has 90 valence electrons. The van der Waals surface area contributed by atoms with E-state index in [-0.39, 0.29) is 17.2 Å². The van der Waals surface area contributed by atoms with E-state index in [2.05, 4.69) is 12.2 Å². The molecule has 0 aliphatic rings. The average Bonchev–Trinajstić information content (AvgIpc) is 2.18. The lowest BCUT2D eigenvalue weighted by Crippen LogP contribution is -2.31. The Morgan fingerprint density at radius 1 is 1.47 bits per heavy atom. The summed E-state index contributed by atoms with van der Waals surface area (Å²) in [6.45, 7) is 5.19. The van der Waals surface area contributed by atoms with Crippen LogP contribution in [0.2, 0.25) is 0 Å². The fourth-order valence-corrected chi connectivity index (χ4v) is 1.59. The number of hydrogen-bond acceptors (Lipinski definition) is 2. The zero-order chi connectivity index (χ0) is 11.7. The van der Waals surface area contributed by atoms with Gasteiger partial charge in [0.2, 0.25) is 5.91 Å². The number of carbonyl (C=O) groups excluding carboxylic acids is 1. The lowest BCUT2D eigenvalue weighted by Gasteiger charge is -2.12. The molecular formula is C11H22ClNO2. The molecule has 0 bridgehead atoms. The number of nitrogens with one attached hydrogen (secondary N) is 1. The van der Waals surface area contributed by atoms with E-state index in [1.165, 1.54) is 0 Å². The van der Waals surface area contributed by atoms with Gasteiger partial charge in [0.15, 0.2) is 0 Å². The van der Waals surface area contributed by atoms with Gasteiger partial charge < -0.3 is 10.1 Å². The standard InChI is InChI=1S/C11H22ClNO2/c1-4-5-9(2)11(14)13-7-6-10(12)8-15-3/h9-10H,4-8H2,1-3H3,(H,13,14). The molecule has 0 aliphatic carbocycles. The van der Waals surface area contributed by atoms with E-state index in [0.717, 1.165) is 19.3 Å². The number of alkyl halides is 1. The predicted molar refractivity (Wildman–Crippen MR) is 63.2 cm³/mol. The molecule has 0 aromatic rings. The topological polar surface area (TPSA) is 38.3 Å². The minimum atomic E-state index is -0.0169. The van der Waals surface area contributed by atoms with Crippen LogP contribution in [0.4, 0.5) is 0 Å². The molecule has 2 atom stereocenters. The number of ether oxygens (including phenoxy) is 1. The molecule has 1 N–H and O–H groups in total. The molecule has 1 amide bonds. The van der Waals surface area contributed by atoms with Gasteiger partial charge in [-0.3, -0.25) is 4.79 Å². The molecule has 4 heteroatoms. The number of halogens is 1. The van der Waals surface area contributed by atoms with Gasteiger partial charge in [-0.1, -0.05) is 20.3 Å². The van der Waals surface area contributed by atoms with Gasteiger partial charge in [0.1, 0.15) is 0 Å². The predicted octanol–water partition coefficient (Wildman–Crippen LogP) is 2.18. The van der Waals surface area contributed by atoms with Gasteiger partial charge in [0.25, 0.3) is 0 Å². The Hall–Kier alpha value is -0.280. The van der Waals surface area contributed by atoms with Crippen molar-refractivity contribution in [1.82, 2.24) is 5.32 Å². The first-order chi connectivity index (χ1) is 7.11. The van der Waals surface area contributed by atoms with Crippen molar-refractivity contribution in [2.75, 3.05) is 20.3 Å². The Kier molecular flexibility index (Phi) is 8.82. The largest absolute Gasteiger partial charge is 0.383 e. The second-order valence-electron chi connectivity index (χ2n) is 3.82. The highest BCUT2D eigenvalue weighted by atomic mass is 35.5. The summed E-state index contributed by atoms with van der Waals surface area (Å²) in [5.41, 5.74) is 0. The van der Waals surface area contributed by atoms with Crippen molar-refractivity contribution in [2.24, 2.45) is 5.92 Å². The molecule has 0 fully saturated rings. The molecular weight excluding hydrogens is 214 g/mol. The number of hydrogen-bond donors (Lipinski definition) is 1. The molecule has 2 unspecified atom stereocenters. The maximum atomic E-state index is 11.5. The lowest BCUT2D eigenvalue weighted by atomic mass is 10.1. The van der Waals surface area contributed by atoms with Crippen LogP contribution in [0.25, 0.3) is 0 Å². The Morgan fingerprint density at radius 2 is 2.13 bits per heavy atom. The van der Waals surface area contributed by atoms with Crippen LogP contribution < -0.4 is 5.32 Å². The van der Waals surface area contributed by atoms with E-state index < -0.39 is 0 Å². The third-order valence-corrected chi connectivity index (χ3v) is 2.62. The molecule has 15 heavy (non-hydrogen) atoms. The van der Waals surface area contributed by atoms with Crippen LogP contribution in [0.5, 0.6) is 0 Å². The normalized spacial score (nSPS) is 14.7. The monoisotopic (exact) mass is 235 g/mol. The summed E-state index contributed by atoms with van der Waals surface area (Å²) in [7, 11) is 1.62. The van der Waals surface area contributed by atoms with E-state index in [9.17, 15) is 4.79 Å². The van der Waals surface area contributed by atoms with Crippen molar-refractivity contribution in [2.45, 2.75) is 38.5 Å². The van der Waals surface area contributed by atoms with E-state index >= 15 is 0 Å². The van der Waals surface area contributed by atoms with Crippen molar-refractivity contribution in [3.05, 3.63) is 0 Å². The van der Waals surface area contributed by atoms with Gasteiger partial charge >= 0.3 is 0 Å². The molecule has 0 rings (SSSR count). The minimum Gasteiger partial charge on any atom is -0.383 e. The number of carbonyl (C=O) groups is 1. The molecule has 0 radical (unpaired) electrons. The van der Waals surface area contributed by atoms with Gasteiger partial charge in [-0.2, -0.15) is 0 Å². The first-order valence-electron chi connectivity index (χ1n) is 5.52. The van der Waals surface area contributed by atoms with E-state index in [1.54, 1.807) is 7.11 Å². The van der Waals surface area contributed by atoms with Crippen LogP contribution in [0.3, 0.4) is 0 Å². The molecule has 0 aromatic carbocycles. The fraction of sp³-hybridized carbons (Fsp3) is 0.909. The van der Waals surface area contributed by atoms with Gasteiger partial charge in [0.05, 0.1) is 12.0 Å². The average molecular weight is 236 g/mol. The third-order valence-electron chi connectivity index (χ3n) is 2.27. The fourth-order valence-electron chi connectivity index (χ4n) is 1.35. The second-order valence-corrected chi connectivity index (χ2v) is 4.44. The summed E-state index contributed by atoms with van der Waals surface area (Å²) in [4.78, 5) is 11.5. The van der Waals surface area contributed by atoms with Crippen LogP contribution in [-0.4, -0.2) is 31.5 Å². The SMILES string of the molecule is CCCC(C)C(=O)NCCC(Cl)COC. The Labute approximate surface area is 97.5 Å². The third kappa shape index (κ3) is 7.63. The van der Waals surface area contributed by atoms with Gasteiger partial charge in [-0.25, -0.2) is 0 Å². The van der Waals surface area contributed by atoms with Crippen LogP contribution in [0.1, 0.15) is 33.1 Å². The van der Waals surface area contributed by atoms with Crippen molar-refractivity contribution >= 4 is 17.5 Å². The molecule has 0 saturated carbocycles.